The van der Waals surface area contributed by atoms with Crippen molar-refractivity contribution in [2.24, 2.45) is 36.5 Å². The van der Waals surface area contributed by atoms with E-state index < -0.39 is 17.5 Å². The molecule has 5 aromatic rings. The van der Waals surface area contributed by atoms with E-state index in [0.717, 1.165) is 72.2 Å². The van der Waals surface area contributed by atoms with E-state index in [4.69, 9.17) is 17.3 Å². The first kappa shape index (κ1) is 62.7. The van der Waals surface area contributed by atoms with Gasteiger partial charge in [0.25, 0.3) is 0 Å². The second-order valence-corrected chi connectivity index (χ2v) is 23.4. The zero-order valence-corrected chi connectivity index (χ0v) is 50.7. The van der Waals surface area contributed by atoms with Crippen molar-refractivity contribution in [3.05, 3.63) is 168 Å². The van der Waals surface area contributed by atoms with Crippen LogP contribution in [-0.4, -0.2) is 58.8 Å². The molecule has 0 amide bonds. The summed E-state index contributed by atoms with van der Waals surface area (Å²) in [7, 11) is 1.63. The van der Waals surface area contributed by atoms with Gasteiger partial charge < -0.3 is 33.2 Å². The molecule has 0 spiro atoms. The van der Waals surface area contributed by atoms with Gasteiger partial charge >= 0.3 is 29.6 Å². The second-order valence-electron chi connectivity index (χ2n) is 23.0. The monoisotopic (exact) mass is 1100 g/mol. The fourth-order valence-corrected chi connectivity index (χ4v) is 12.8. The van der Waals surface area contributed by atoms with Crippen LogP contribution in [0.15, 0.2) is 104 Å². The summed E-state index contributed by atoms with van der Waals surface area (Å²) in [5, 5.41) is 7.70. The minimum absolute atomic E-state index is 0. The molecule has 2 unspecified atom stereocenters. The molecular formula is C65H85ClF4N7Na. The summed E-state index contributed by atoms with van der Waals surface area (Å²) in [6, 6.07) is 17.4. The number of hydrogen-bond donors (Lipinski definition) is 2. The smallest absolute Gasteiger partial charge is 0.399 e. The van der Waals surface area contributed by atoms with Gasteiger partial charge in [-0.2, -0.15) is 5.10 Å². The second kappa shape index (κ2) is 27.8. The third-order valence-corrected chi connectivity index (χ3v) is 17.7. The van der Waals surface area contributed by atoms with Gasteiger partial charge in [0, 0.05) is 91.5 Å². The molecule has 78 heavy (non-hydrogen) atoms. The van der Waals surface area contributed by atoms with E-state index in [-0.39, 0.29) is 70.0 Å². The Morgan fingerprint density at radius 3 is 2.21 bits per heavy atom. The van der Waals surface area contributed by atoms with Crippen LogP contribution in [0.4, 0.5) is 23.4 Å². The van der Waals surface area contributed by atoms with Crippen molar-refractivity contribution in [1.29, 1.82) is 0 Å². The Hall–Kier alpha value is -4.52. The molecule has 4 fully saturated rings. The van der Waals surface area contributed by atoms with Gasteiger partial charge in [-0.05, 0) is 122 Å². The first-order valence-corrected chi connectivity index (χ1v) is 28.5. The van der Waals surface area contributed by atoms with Crippen molar-refractivity contribution in [3.8, 4) is 11.1 Å². The number of anilines is 1. The number of likely N-dealkylation sites (tertiary alicyclic amines) is 2. The Morgan fingerprint density at radius 1 is 0.846 bits per heavy atom. The average molecular weight is 1100 g/mol. The Labute approximate surface area is 491 Å². The number of nitrogens with two attached hydrogens (primary N) is 1. The van der Waals surface area contributed by atoms with Gasteiger partial charge in [-0.15, -0.1) is 0 Å². The van der Waals surface area contributed by atoms with Crippen molar-refractivity contribution >= 4 is 34.0 Å². The molecule has 0 bridgehead atoms. The number of aryl methyl sites for hydroxylation is 2. The number of allylic oxidation sites excluding steroid dienone is 1. The van der Waals surface area contributed by atoms with Crippen LogP contribution < -0.4 is 45.5 Å². The van der Waals surface area contributed by atoms with E-state index in [1.807, 2.05) is 18.2 Å². The maximum Gasteiger partial charge on any atom is 1.00 e. The van der Waals surface area contributed by atoms with Crippen LogP contribution in [-0.2, 0) is 31.7 Å². The predicted octanol–water partition coefficient (Wildman–Crippen LogP) is 12.9. The van der Waals surface area contributed by atoms with Crippen LogP contribution in [0.3, 0.4) is 0 Å². The standard InChI is InChI=1S/C29H30ClF2N.C21H38N2.C14H14F2N4.CH3.Na/c1-4-5-7-10-19-13-14-22(18(2)33)26(28(19)32)25-23-17-29(3,21-11-8-6-9-12-21)16-20(23)15-24(31)27(25)30;1-17-9-12-22(15-18(17)2)16-20-10-13-23(14-11-20)19(3)21-7-5-4-6-8-21;1-8-4-5-20(9(2)17-8)14-11-6-10(15)7-12(16)13(11)19(3)18-14;;/h6,8-9,11-15H,2,4-5,7,10,16-17,33H2,1,3H3;17-18,20-21H,3-16H2,1-2H3;6-7,17H,1-2,4-5H2,3H3;1H3;/q;;;-1;+1/t;17?,18-;;;/m.1.../s1. The number of piperidine rings is 2. The van der Waals surface area contributed by atoms with E-state index in [1.54, 1.807) is 24.1 Å². The van der Waals surface area contributed by atoms with Crippen molar-refractivity contribution < 1.29 is 47.1 Å². The summed E-state index contributed by atoms with van der Waals surface area (Å²) in [4.78, 5) is 7.18. The van der Waals surface area contributed by atoms with Crippen LogP contribution in [0.5, 0.6) is 0 Å². The molecule has 4 aromatic carbocycles. The number of nitrogens with one attached hydrogen (secondary N) is 1. The van der Waals surface area contributed by atoms with Crippen LogP contribution in [0.25, 0.3) is 27.7 Å². The molecule has 3 atom stereocenters. The molecule has 416 valence electrons. The van der Waals surface area contributed by atoms with Gasteiger partial charge in [0.05, 0.1) is 10.4 Å². The molecular weight excluding hydrogens is 1010 g/mol. The Balaban J connectivity index is 0.000000194. The first-order chi connectivity index (χ1) is 36.4. The summed E-state index contributed by atoms with van der Waals surface area (Å²) < 4.78 is 59.9. The van der Waals surface area contributed by atoms with Gasteiger partial charge in [0.1, 0.15) is 28.8 Å². The summed E-state index contributed by atoms with van der Waals surface area (Å²) in [5.41, 5.74) is 13.4. The summed E-state index contributed by atoms with van der Waals surface area (Å²) in [6.45, 7) is 32.4. The molecule has 5 aliphatic rings. The van der Waals surface area contributed by atoms with E-state index in [2.05, 4.69) is 86.4 Å². The molecule has 1 aromatic heterocycles. The van der Waals surface area contributed by atoms with Crippen molar-refractivity contribution in [2.75, 3.05) is 44.2 Å². The summed E-state index contributed by atoms with van der Waals surface area (Å²) in [6.07, 6.45) is 16.8. The van der Waals surface area contributed by atoms with Gasteiger partial charge in [0.2, 0.25) is 0 Å². The van der Waals surface area contributed by atoms with E-state index in [9.17, 15) is 8.78 Å². The van der Waals surface area contributed by atoms with Gasteiger partial charge in [0.15, 0.2) is 11.6 Å². The topological polar surface area (TPSA) is 65.6 Å². The molecule has 10 rings (SSSR count). The number of nitrogens with zero attached hydrogens (tertiary/aromatic N) is 5. The van der Waals surface area contributed by atoms with Gasteiger partial charge in [-0.25, -0.2) is 17.6 Å². The Morgan fingerprint density at radius 2 is 1.55 bits per heavy atom. The summed E-state index contributed by atoms with van der Waals surface area (Å²) >= 11 is 6.57. The van der Waals surface area contributed by atoms with Crippen LogP contribution in [0, 0.1) is 54.4 Å². The quantitative estimate of drug-likeness (QED) is 0.0562. The summed E-state index contributed by atoms with van der Waals surface area (Å²) in [5.74, 6) is 2.46. The van der Waals surface area contributed by atoms with Crippen LogP contribution >= 0.6 is 11.6 Å². The van der Waals surface area contributed by atoms with Crippen molar-refractivity contribution in [3.63, 3.8) is 0 Å². The average Bonchev–Trinajstić information content (AvgIpc) is 4.02. The third kappa shape index (κ3) is 14.3. The third-order valence-electron chi connectivity index (χ3n) is 17.3. The van der Waals surface area contributed by atoms with Crippen LogP contribution in [0.1, 0.15) is 133 Å². The number of halogens is 5. The maximum absolute atomic E-state index is 16.0. The van der Waals surface area contributed by atoms with Crippen LogP contribution in [0.2, 0.25) is 5.02 Å². The van der Waals surface area contributed by atoms with Crippen molar-refractivity contribution in [1.82, 2.24) is 24.9 Å². The predicted molar refractivity (Wildman–Crippen MR) is 314 cm³/mol. The van der Waals surface area contributed by atoms with E-state index in [1.165, 1.54) is 112 Å². The molecule has 3 saturated heterocycles. The van der Waals surface area contributed by atoms with Crippen molar-refractivity contribution in [2.45, 2.75) is 129 Å². The molecule has 1 saturated carbocycles. The minimum atomic E-state index is -0.624. The zero-order chi connectivity index (χ0) is 54.4. The largest absolute Gasteiger partial charge is 1.00 e. The van der Waals surface area contributed by atoms with E-state index >= 15 is 8.78 Å². The molecule has 3 N–H and O–H groups in total. The number of fused-ring (bicyclic) bond motifs is 2. The number of rotatable bonds is 12. The molecule has 3 aliphatic heterocycles. The van der Waals surface area contributed by atoms with Gasteiger partial charge in [-0.3, -0.25) is 4.68 Å². The van der Waals surface area contributed by atoms with Gasteiger partial charge in [-0.1, -0.05) is 140 Å². The Bertz CT molecular complexity index is 2910. The zero-order valence-electron chi connectivity index (χ0n) is 48.0. The molecule has 2 aliphatic carbocycles. The number of unbranched alkanes of at least 4 members (excludes halogenated alkanes) is 2. The number of aromatic nitrogens is 2. The normalized spacial score (nSPS) is 20.8. The molecule has 13 heteroatoms. The molecule has 4 heterocycles. The fraction of sp³-hybridized carbons (Fsp3) is 0.477. The fourth-order valence-electron chi connectivity index (χ4n) is 12.6. The minimum Gasteiger partial charge on any atom is -0.399 e. The van der Waals surface area contributed by atoms with E-state index in [0.29, 0.717) is 59.5 Å². The molecule has 7 nitrogen and oxygen atoms in total. The first-order valence-electron chi connectivity index (χ1n) is 28.1. The molecule has 0 radical (unpaired) electrons. The Kier molecular flexibility index (Phi) is 22.3. The maximum atomic E-state index is 16.0. The number of hydrogen-bond acceptors (Lipinski definition) is 6. The SMILES string of the molecule is C=C(C1CCCCC1)N1CCC(CN2CCC(C)[C@H](C)C2)CC1.C=C(N)c1ccc(CCCCC)c(F)c1-c1c(Cl)c(F)cc2c1CC(C)(c1ccccc1)C2.C=C1CCN(c2nn(C)c3c(F)cc(F)cc23)C(=C)N1.[CH3-].[Na+]. The number of benzene rings is 4.